The van der Waals surface area contributed by atoms with Crippen LogP contribution in [0.3, 0.4) is 0 Å². The summed E-state index contributed by atoms with van der Waals surface area (Å²) in [6, 6.07) is 8.09. The van der Waals surface area contributed by atoms with Gasteiger partial charge in [-0.05, 0) is 37.6 Å². The zero-order valence-electron chi connectivity index (χ0n) is 11.9. The molecule has 0 fully saturated rings. The molecule has 2 aromatic carbocycles. The molecule has 0 amide bonds. The highest BCUT2D eigenvalue weighted by Crippen LogP contribution is 2.28. The maximum atomic E-state index is 12.3. The first-order chi connectivity index (χ1) is 10.2. The molecule has 2 N–H and O–H groups in total. The molecule has 0 aliphatic rings. The number of nitrogens with zero attached hydrogens (tertiary/aromatic N) is 1. The lowest BCUT2D eigenvalue weighted by atomic mass is 10.2. The van der Waals surface area contributed by atoms with Gasteiger partial charge in [-0.1, -0.05) is 12.1 Å². The van der Waals surface area contributed by atoms with Crippen molar-refractivity contribution >= 4 is 21.4 Å². The van der Waals surface area contributed by atoms with Gasteiger partial charge in [-0.25, -0.2) is 8.42 Å². The smallest absolute Gasteiger partial charge is 0.273 e. The molecule has 2 aromatic rings. The van der Waals surface area contributed by atoms with Gasteiger partial charge < -0.3 is 5.11 Å². The van der Waals surface area contributed by atoms with Crippen molar-refractivity contribution in [2.45, 2.75) is 18.7 Å². The first kappa shape index (κ1) is 15.8. The van der Waals surface area contributed by atoms with Crippen molar-refractivity contribution in [2.75, 3.05) is 4.72 Å². The SMILES string of the molecule is Cc1ccc(O)c(NS(=O)(=O)c2ccc(C)c([N+](=O)[O-])c2)c1. The summed E-state index contributed by atoms with van der Waals surface area (Å²) in [5, 5.41) is 20.6. The van der Waals surface area contributed by atoms with Crippen LogP contribution in [-0.2, 0) is 10.0 Å². The molecule has 116 valence electrons. The van der Waals surface area contributed by atoms with Gasteiger partial charge in [0, 0.05) is 11.6 Å². The first-order valence-corrected chi connectivity index (χ1v) is 7.76. The van der Waals surface area contributed by atoms with Crippen LogP contribution in [-0.4, -0.2) is 18.4 Å². The Morgan fingerprint density at radius 2 is 1.82 bits per heavy atom. The largest absolute Gasteiger partial charge is 0.506 e. The van der Waals surface area contributed by atoms with E-state index in [9.17, 15) is 23.6 Å². The number of phenols is 1. The normalized spacial score (nSPS) is 11.2. The predicted octanol–water partition coefficient (Wildman–Crippen LogP) is 2.72. The lowest BCUT2D eigenvalue weighted by Gasteiger charge is -2.10. The van der Waals surface area contributed by atoms with Gasteiger partial charge in [-0.15, -0.1) is 0 Å². The molecule has 0 radical (unpaired) electrons. The van der Waals surface area contributed by atoms with Gasteiger partial charge in [-0.3, -0.25) is 14.8 Å². The minimum absolute atomic E-state index is 0.0169. The zero-order valence-corrected chi connectivity index (χ0v) is 12.7. The van der Waals surface area contributed by atoms with E-state index in [0.717, 1.165) is 11.6 Å². The number of benzene rings is 2. The van der Waals surface area contributed by atoms with Gasteiger partial charge in [0.2, 0.25) is 0 Å². The number of nitro benzene ring substituents is 1. The summed E-state index contributed by atoms with van der Waals surface area (Å²) in [5.41, 5.74) is 0.854. The number of nitrogens with one attached hydrogen (secondary N) is 1. The number of aryl methyl sites for hydroxylation is 2. The Balaban J connectivity index is 2.45. The summed E-state index contributed by atoms with van der Waals surface area (Å²) in [7, 11) is -4.04. The fourth-order valence-corrected chi connectivity index (χ4v) is 2.97. The maximum Gasteiger partial charge on any atom is 0.273 e. The van der Waals surface area contributed by atoms with E-state index in [4.69, 9.17) is 0 Å². The Kier molecular flexibility index (Phi) is 4.05. The van der Waals surface area contributed by atoms with Crippen molar-refractivity contribution in [3.63, 3.8) is 0 Å². The van der Waals surface area contributed by atoms with E-state index in [0.29, 0.717) is 5.56 Å². The molecule has 7 nitrogen and oxygen atoms in total. The van der Waals surface area contributed by atoms with E-state index < -0.39 is 14.9 Å². The highest BCUT2D eigenvalue weighted by Gasteiger charge is 2.20. The van der Waals surface area contributed by atoms with Crippen LogP contribution in [0.1, 0.15) is 11.1 Å². The Labute approximate surface area is 127 Å². The van der Waals surface area contributed by atoms with Crippen molar-refractivity contribution in [3.05, 3.63) is 57.6 Å². The minimum atomic E-state index is -4.04. The van der Waals surface area contributed by atoms with E-state index in [1.54, 1.807) is 13.0 Å². The van der Waals surface area contributed by atoms with E-state index >= 15 is 0 Å². The lowest BCUT2D eigenvalue weighted by Crippen LogP contribution is -2.13. The van der Waals surface area contributed by atoms with Gasteiger partial charge in [0.05, 0.1) is 15.5 Å². The van der Waals surface area contributed by atoms with Gasteiger partial charge in [0.1, 0.15) is 5.75 Å². The number of hydrogen-bond acceptors (Lipinski definition) is 5. The summed E-state index contributed by atoms with van der Waals surface area (Å²) in [6.07, 6.45) is 0. The van der Waals surface area contributed by atoms with Gasteiger partial charge in [-0.2, -0.15) is 0 Å². The summed E-state index contributed by atoms with van der Waals surface area (Å²) < 4.78 is 26.8. The second kappa shape index (κ2) is 5.64. The van der Waals surface area contributed by atoms with Crippen molar-refractivity contribution < 1.29 is 18.4 Å². The summed E-state index contributed by atoms with van der Waals surface area (Å²) in [4.78, 5) is 10.0. The summed E-state index contributed by atoms with van der Waals surface area (Å²) in [5.74, 6) is -0.226. The van der Waals surface area contributed by atoms with Crippen molar-refractivity contribution in [3.8, 4) is 5.75 Å². The average Bonchev–Trinajstić information content (AvgIpc) is 2.42. The number of rotatable bonds is 4. The fraction of sp³-hybridized carbons (Fsp3) is 0.143. The molecule has 8 heteroatoms. The molecular formula is C14H14N2O5S. The van der Waals surface area contributed by atoms with Crippen molar-refractivity contribution in [1.82, 2.24) is 0 Å². The van der Waals surface area contributed by atoms with Crippen molar-refractivity contribution in [2.24, 2.45) is 0 Å². The van der Waals surface area contributed by atoms with Gasteiger partial charge in [0.25, 0.3) is 15.7 Å². The Morgan fingerprint density at radius 3 is 2.45 bits per heavy atom. The highest BCUT2D eigenvalue weighted by atomic mass is 32.2. The second-order valence-corrected chi connectivity index (χ2v) is 6.51. The molecule has 0 aromatic heterocycles. The third kappa shape index (κ3) is 3.17. The Bertz CT molecular complexity index is 846. The summed E-state index contributed by atoms with van der Waals surface area (Å²) in [6.45, 7) is 3.27. The molecule has 0 heterocycles. The van der Waals surface area contributed by atoms with Crippen LogP contribution in [0, 0.1) is 24.0 Å². The highest BCUT2D eigenvalue weighted by molar-refractivity contribution is 7.92. The number of anilines is 1. The average molecular weight is 322 g/mol. The second-order valence-electron chi connectivity index (χ2n) is 4.83. The first-order valence-electron chi connectivity index (χ1n) is 6.28. The van der Waals surface area contributed by atoms with Crippen LogP contribution in [0.5, 0.6) is 5.75 Å². The quantitative estimate of drug-likeness (QED) is 0.511. The molecule has 0 bridgehead atoms. The zero-order chi connectivity index (χ0) is 16.5. The van der Waals surface area contributed by atoms with E-state index in [1.807, 2.05) is 0 Å². The molecule has 2 rings (SSSR count). The van der Waals surface area contributed by atoms with Crippen LogP contribution >= 0.6 is 0 Å². The number of sulfonamides is 1. The fourth-order valence-electron chi connectivity index (χ4n) is 1.89. The number of hydrogen-bond donors (Lipinski definition) is 2. The molecular weight excluding hydrogens is 308 g/mol. The molecule has 0 unspecified atom stereocenters. The van der Waals surface area contributed by atoms with Gasteiger partial charge >= 0.3 is 0 Å². The van der Waals surface area contributed by atoms with Crippen LogP contribution in [0.2, 0.25) is 0 Å². The van der Waals surface area contributed by atoms with E-state index in [-0.39, 0.29) is 22.0 Å². The van der Waals surface area contributed by atoms with Crippen LogP contribution in [0.4, 0.5) is 11.4 Å². The maximum absolute atomic E-state index is 12.3. The van der Waals surface area contributed by atoms with Crippen LogP contribution in [0.15, 0.2) is 41.3 Å². The lowest BCUT2D eigenvalue weighted by molar-refractivity contribution is -0.385. The third-order valence-electron chi connectivity index (χ3n) is 3.08. The Morgan fingerprint density at radius 1 is 1.14 bits per heavy atom. The predicted molar refractivity (Wildman–Crippen MR) is 81.5 cm³/mol. The van der Waals surface area contributed by atoms with Crippen LogP contribution < -0.4 is 4.72 Å². The molecule has 0 saturated carbocycles. The molecule has 0 atom stereocenters. The van der Waals surface area contributed by atoms with Crippen LogP contribution in [0.25, 0.3) is 0 Å². The van der Waals surface area contributed by atoms with Crippen molar-refractivity contribution in [1.29, 1.82) is 0 Å². The van der Waals surface area contributed by atoms with E-state index in [1.165, 1.54) is 31.2 Å². The molecule has 0 aliphatic carbocycles. The Hall–Kier alpha value is -2.61. The molecule has 0 aliphatic heterocycles. The monoisotopic (exact) mass is 322 g/mol. The van der Waals surface area contributed by atoms with Gasteiger partial charge in [0.15, 0.2) is 0 Å². The topological polar surface area (TPSA) is 110 Å². The number of phenolic OH excluding ortho intramolecular Hbond substituents is 1. The third-order valence-corrected chi connectivity index (χ3v) is 4.45. The number of aromatic hydroxyl groups is 1. The molecule has 22 heavy (non-hydrogen) atoms. The minimum Gasteiger partial charge on any atom is -0.506 e. The molecule has 0 saturated heterocycles. The molecule has 0 spiro atoms. The van der Waals surface area contributed by atoms with E-state index in [2.05, 4.69) is 4.72 Å². The summed E-state index contributed by atoms with van der Waals surface area (Å²) >= 11 is 0. The standard InChI is InChI=1S/C14H14N2O5S/c1-9-3-6-14(17)12(7-9)15-22(20,21)11-5-4-10(2)13(8-11)16(18)19/h3-8,15,17H,1-2H3. The number of nitro groups is 1.